The fraction of sp³-hybridized carbons (Fsp3) is 0.818. The van der Waals surface area contributed by atoms with E-state index in [1.165, 1.54) is 0 Å². The SMILES string of the molecule is COC1CCCC2(CC(=O)NC2C(=O)O)C1. The van der Waals surface area contributed by atoms with E-state index in [0.717, 1.165) is 19.3 Å². The van der Waals surface area contributed by atoms with Gasteiger partial charge in [-0.3, -0.25) is 4.79 Å². The number of carbonyl (C=O) groups is 2. The molecule has 5 heteroatoms. The molecule has 2 aliphatic rings. The average Bonchev–Trinajstić information content (AvgIpc) is 2.55. The van der Waals surface area contributed by atoms with Crippen LogP contribution < -0.4 is 5.32 Å². The summed E-state index contributed by atoms with van der Waals surface area (Å²) in [6.45, 7) is 0. The van der Waals surface area contributed by atoms with Crippen molar-refractivity contribution in [3.63, 3.8) is 0 Å². The molecule has 16 heavy (non-hydrogen) atoms. The molecule has 0 bridgehead atoms. The minimum absolute atomic E-state index is 0.0864. The normalized spacial score (nSPS) is 38.7. The van der Waals surface area contributed by atoms with E-state index in [1.54, 1.807) is 7.11 Å². The van der Waals surface area contributed by atoms with Gasteiger partial charge in [-0.25, -0.2) is 4.79 Å². The maximum Gasteiger partial charge on any atom is 0.326 e. The summed E-state index contributed by atoms with van der Waals surface area (Å²) in [6.07, 6.45) is 3.75. The molecule has 2 rings (SSSR count). The molecule has 0 aromatic carbocycles. The molecule has 1 saturated heterocycles. The second-order valence-electron chi connectivity index (χ2n) is 4.83. The highest BCUT2D eigenvalue weighted by molar-refractivity contribution is 5.89. The molecular weight excluding hydrogens is 210 g/mol. The zero-order valence-electron chi connectivity index (χ0n) is 9.36. The Morgan fingerprint density at radius 2 is 2.38 bits per heavy atom. The maximum absolute atomic E-state index is 11.4. The van der Waals surface area contributed by atoms with Crippen LogP contribution in [-0.2, 0) is 14.3 Å². The van der Waals surface area contributed by atoms with Crippen molar-refractivity contribution in [2.45, 2.75) is 44.2 Å². The number of methoxy groups -OCH3 is 1. The van der Waals surface area contributed by atoms with E-state index in [-0.39, 0.29) is 12.0 Å². The van der Waals surface area contributed by atoms with E-state index in [0.29, 0.717) is 12.8 Å². The number of carboxylic acid groups (broad SMARTS) is 1. The fourth-order valence-corrected chi connectivity index (χ4v) is 3.07. The van der Waals surface area contributed by atoms with Crippen LogP contribution in [0.4, 0.5) is 0 Å². The number of hydrogen-bond donors (Lipinski definition) is 2. The van der Waals surface area contributed by atoms with Gasteiger partial charge < -0.3 is 15.2 Å². The van der Waals surface area contributed by atoms with Crippen LogP contribution in [0.3, 0.4) is 0 Å². The largest absolute Gasteiger partial charge is 0.480 e. The molecule has 2 N–H and O–H groups in total. The number of carboxylic acids is 1. The van der Waals surface area contributed by atoms with Crippen molar-refractivity contribution >= 4 is 11.9 Å². The van der Waals surface area contributed by atoms with Gasteiger partial charge >= 0.3 is 5.97 Å². The minimum atomic E-state index is -0.928. The van der Waals surface area contributed by atoms with Crippen LogP contribution in [0.1, 0.15) is 32.1 Å². The lowest BCUT2D eigenvalue weighted by Gasteiger charge is -2.38. The molecule has 3 unspecified atom stereocenters. The van der Waals surface area contributed by atoms with Gasteiger partial charge in [-0.2, -0.15) is 0 Å². The summed E-state index contributed by atoms with van der Waals surface area (Å²) in [6, 6.07) is -0.738. The molecule has 1 saturated carbocycles. The van der Waals surface area contributed by atoms with Gasteiger partial charge in [-0.05, 0) is 19.3 Å². The second-order valence-corrected chi connectivity index (χ2v) is 4.83. The van der Waals surface area contributed by atoms with E-state index in [9.17, 15) is 9.59 Å². The minimum Gasteiger partial charge on any atom is -0.480 e. The van der Waals surface area contributed by atoms with Crippen molar-refractivity contribution in [3.8, 4) is 0 Å². The molecule has 1 aliphatic carbocycles. The van der Waals surface area contributed by atoms with Crippen molar-refractivity contribution in [3.05, 3.63) is 0 Å². The summed E-state index contributed by atoms with van der Waals surface area (Å²) in [5.41, 5.74) is -0.429. The summed E-state index contributed by atoms with van der Waals surface area (Å²) in [4.78, 5) is 22.6. The Bertz CT molecular complexity index is 317. The summed E-state index contributed by atoms with van der Waals surface area (Å²) in [5.74, 6) is -1.08. The highest BCUT2D eigenvalue weighted by Crippen LogP contribution is 2.46. The predicted octanol–water partition coefficient (Wildman–Crippen LogP) is 0.535. The Hall–Kier alpha value is -1.10. The van der Waals surface area contributed by atoms with E-state index in [1.807, 2.05) is 0 Å². The molecule has 3 atom stereocenters. The zero-order valence-corrected chi connectivity index (χ0v) is 9.36. The van der Waals surface area contributed by atoms with Crippen LogP contribution in [0.2, 0.25) is 0 Å². The third kappa shape index (κ3) is 1.80. The second kappa shape index (κ2) is 4.05. The molecule has 1 heterocycles. The standard InChI is InChI=1S/C11H17NO4/c1-16-7-3-2-4-11(5-7)6-8(13)12-9(11)10(14)15/h7,9H,2-6H2,1H3,(H,12,13)(H,14,15). The third-order valence-corrected chi connectivity index (χ3v) is 3.85. The van der Waals surface area contributed by atoms with Crippen LogP contribution in [0.15, 0.2) is 0 Å². The van der Waals surface area contributed by atoms with Gasteiger partial charge in [0.15, 0.2) is 0 Å². The maximum atomic E-state index is 11.4. The predicted molar refractivity (Wildman–Crippen MR) is 55.9 cm³/mol. The van der Waals surface area contributed by atoms with Gasteiger partial charge in [0.2, 0.25) is 5.91 Å². The fourth-order valence-electron chi connectivity index (χ4n) is 3.07. The highest BCUT2D eigenvalue weighted by Gasteiger charge is 2.52. The Morgan fingerprint density at radius 1 is 1.62 bits per heavy atom. The van der Waals surface area contributed by atoms with Gasteiger partial charge in [0.1, 0.15) is 6.04 Å². The molecule has 1 aliphatic heterocycles. The van der Waals surface area contributed by atoms with Crippen LogP contribution in [0.25, 0.3) is 0 Å². The zero-order chi connectivity index (χ0) is 11.8. The number of nitrogens with one attached hydrogen (secondary N) is 1. The number of ether oxygens (including phenoxy) is 1. The Balaban J connectivity index is 2.20. The Kier molecular flexibility index (Phi) is 2.88. The van der Waals surface area contributed by atoms with Crippen molar-refractivity contribution in [1.82, 2.24) is 5.32 Å². The van der Waals surface area contributed by atoms with Crippen LogP contribution in [-0.4, -0.2) is 36.2 Å². The molecule has 0 aromatic heterocycles. The number of hydrogen-bond acceptors (Lipinski definition) is 3. The van der Waals surface area contributed by atoms with Crippen LogP contribution >= 0.6 is 0 Å². The van der Waals surface area contributed by atoms with Crippen LogP contribution in [0.5, 0.6) is 0 Å². The smallest absolute Gasteiger partial charge is 0.326 e. The molecular formula is C11H17NO4. The molecule has 0 radical (unpaired) electrons. The summed E-state index contributed by atoms with van der Waals surface area (Å²) in [7, 11) is 1.64. The van der Waals surface area contributed by atoms with Crippen molar-refractivity contribution < 1.29 is 19.4 Å². The van der Waals surface area contributed by atoms with E-state index in [2.05, 4.69) is 5.32 Å². The van der Waals surface area contributed by atoms with Crippen LogP contribution in [0, 0.1) is 5.41 Å². The summed E-state index contributed by atoms with van der Waals surface area (Å²) >= 11 is 0. The van der Waals surface area contributed by atoms with Gasteiger partial charge in [0, 0.05) is 18.9 Å². The Labute approximate surface area is 94.2 Å². The van der Waals surface area contributed by atoms with Gasteiger partial charge in [0.05, 0.1) is 6.10 Å². The van der Waals surface area contributed by atoms with E-state index < -0.39 is 17.4 Å². The monoisotopic (exact) mass is 227 g/mol. The first-order valence-corrected chi connectivity index (χ1v) is 5.62. The highest BCUT2D eigenvalue weighted by atomic mass is 16.5. The number of amides is 1. The molecule has 5 nitrogen and oxygen atoms in total. The number of rotatable bonds is 2. The van der Waals surface area contributed by atoms with E-state index >= 15 is 0 Å². The van der Waals surface area contributed by atoms with Crippen molar-refractivity contribution in [2.75, 3.05) is 7.11 Å². The lowest BCUT2D eigenvalue weighted by molar-refractivity contribution is -0.143. The summed E-state index contributed by atoms with van der Waals surface area (Å²) < 4.78 is 5.31. The molecule has 90 valence electrons. The quantitative estimate of drug-likeness (QED) is 0.721. The van der Waals surface area contributed by atoms with E-state index in [4.69, 9.17) is 9.84 Å². The molecule has 2 fully saturated rings. The Morgan fingerprint density at radius 3 is 3.00 bits per heavy atom. The number of aliphatic carboxylic acids is 1. The first-order valence-electron chi connectivity index (χ1n) is 5.62. The molecule has 0 aromatic rings. The third-order valence-electron chi connectivity index (χ3n) is 3.85. The first kappa shape index (κ1) is 11.4. The van der Waals surface area contributed by atoms with Gasteiger partial charge in [-0.15, -0.1) is 0 Å². The summed E-state index contributed by atoms with van der Waals surface area (Å²) in [5, 5.41) is 11.7. The lowest BCUT2D eigenvalue weighted by atomic mass is 9.68. The van der Waals surface area contributed by atoms with Gasteiger partial charge in [0.25, 0.3) is 0 Å². The number of carbonyl (C=O) groups excluding carboxylic acids is 1. The van der Waals surface area contributed by atoms with Crippen molar-refractivity contribution in [1.29, 1.82) is 0 Å². The molecule has 1 amide bonds. The molecule has 1 spiro atoms. The van der Waals surface area contributed by atoms with Crippen molar-refractivity contribution in [2.24, 2.45) is 5.41 Å². The topological polar surface area (TPSA) is 75.6 Å². The average molecular weight is 227 g/mol. The lowest BCUT2D eigenvalue weighted by Crippen LogP contribution is -2.47. The van der Waals surface area contributed by atoms with Gasteiger partial charge in [-0.1, -0.05) is 6.42 Å². The first-order chi connectivity index (χ1) is 7.57.